The fraction of sp³-hybridized carbons (Fsp3) is 0.588. The van der Waals surface area contributed by atoms with Gasteiger partial charge in [0, 0.05) is 18.8 Å². The van der Waals surface area contributed by atoms with Crippen LogP contribution in [0.25, 0.3) is 0 Å². The van der Waals surface area contributed by atoms with E-state index in [9.17, 15) is 18.7 Å². The van der Waals surface area contributed by atoms with E-state index in [1.165, 1.54) is 0 Å². The molecule has 0 aliphatic heterocycles. The van der Waals surface area contributed by atoms with Gasteiger partial charge in [-0.2, -0.15) is 0 Å². The van der Waals surface area contributed by atoms with Crippen LogP contribution in [0, 0.1) is 5.92 Å². The molecule has 128 valence electrons. The molecule has 2 atom stereocenters. The van der Waals surface area contributed by atoms with Crippen molar-refractivity contribution in [1.82, 2.24) is 0 Å². The molecule has 0 radical (unpaired) electrons. The molecule has 0 saturated heterocycles. The van der Waals surface area contributed by atoms with Crippen molar-refractivity contribution in [2.45, 2.75) is 43.6 Å². The standard InChI is InChI=1S/C17H23F2NO3/c18-16(19)9-8-14(12-16)17(22,13-6-2-1-3-7-13)15(21)23-11-5-4-10-20/h1-3,6-7,14,22H,4-5,8-12,20H2. The van der Waals surface area contributed by atoms with Gasteiger partial charge < -0.3 is 15.6 Å². The quantitative estimate of drug-likeness (QED) is 0.596. The van der Waals surface area contributed by atoms with Crippen molar-refractivity contribution in [2.75, 3.05) is 13.2 Å². The van der Waals surface area contributed by atoms with Gasteiger partial charge in [-0.25, -0.2) is 13.6 Å². The first-order valence-electron chi connectivity index (χ1n) is 7.93. The fourth-order valence-corrected chi connectivity index (χ4v) is 3.04. The van der Waals surface area contributed by atoms with Crippen LogP contribution in [0.15, 0.2) is 30.3 Å². The summed E-state index contributed by atoms with van der Waals surface area (Å²) in [4.78, 5) is 12.5. The predicted octanol–water partition coefficient (Wildman–Crippen LogP) is 2.59. The Morgan fingerprint density at radius 1 is 1.35 bits per heavy atom. The smallest absolute Gasteiger partial charge is 0.343 e. The van der Waals surface area contributed by atoms with Crippen molar-refractivity contribution in [2.24, 2.45) is 11.7 Å². The predicted molar refractivity (Wildman–Crippen MR) is 81.9 cm³/mol. The summed E-state index contributed by atoms with van der Waals surface area (Å²) in [5, 5.41) is 11.0. The molecule has 0 aromatic heterocycles. The minimum atomic E-state index is -2.85. The number of ether oxygens (including phenoxy) is 1. The van der Waals surface area contributed by atoms with E-state index < -0.39 is 29.8 Å². The van der Waals surface area contributed by atoms with Crippen LogP contribution in [-0.2, 0) is 15.1 Å². The van der Waals surface area contributed by atoms with E-state index in [4.69, 9.17) is 10.5 Å². The largest absolute Gasteiger partial charge is 0.463 e. The van der Waals surface area contributed by atoms with Gasteiger partial charge in [0.1, 0.15) is 0 Å². The first-order valence-corrected chi connectivity index (χ1v) is 7.93. The van der Waals surface area contributed by atoms with Gasteiger partial charge in [0.2, 0.25) is 5.92 Å². The highest BCUT2D eigenvalue weighted by atomic mass is 19.3. The molecule has 1 aliphatic carbocycles. The van der Waals surface area contributed by atoms with Gasteiger partial charge in [-0.3, -0.25) is 0 Å². The number of benzene rings is 1. The van der Waals surface area contributed by atoms with Crippen molar-refractivity contribution in [3.63, 3.8) is 0 Å². The summed E-state index contributed by atoms with van der Waals surface area (Å²) < 4.78 is 32.3. The SMILES string of the molecule is NCCCCOC(=O)C(O)(c1ccccc1)C1CCC(F)(F)C1. The molecule has 2 rings (SSSR count). The molecule has 0 amide bonds. The number of esters is 1. The zero-order valence-corrected chi connectivity index (χ0v) is 13.0. The lowest BCUT2D eigenvalue weighted by Gasteiger charge is -2.32. The Morgan fingerprint density at radius 2 is 2.04 bits per heavy atom. The monoisotopic (exact) mass is 327 g/mol. The van der Waals surface area contributed by atoms with Crippen LogP contribution in [0.4, 0.5) is 8.78 Å². The fourth-order valence-electron chi connectivity index (χ4n) is 3.04. The zero-order chi connectivity index (χ0) is 16.9. The van der Waals surface area contributed by atoms with Crippen LogP contribution >= 0.6 is 0 Å². The third-order valence-electron chi connectivity index (χ3n) is 4.35. The summed E-state index contributed by atoms with van der Waals surface area (Å²) in [5.74, 6) is -4.57. The van der Waals surface area contributed by atoms with E-state index in [0.29, 0.717) is 24.9 Å². The zero-order valence-electron chi connectivity index (χ0n) is 13.0. The minimum Gasteiger partial charge on any atom is -0.463 e. The van der Waals surface area contributed by atoms with Crippen molar-refractivity contribution in [3.8, 4) is 0 Å². The molecule has 1 aliphatic rings. The molecule has 1 fully saturated rings. The number of alkyl halides is 2. The van der Waals surface area contributed by atoms with Crippen molar-refractivity contribution in [3.05, 3.63) is 35.9 Å². The average molecular weight is 327 g/mol. The van der Waals surface area contributed by atoms with Gasteiger partial charge in [0.15, 0.2) is 5.60 Å². The van der Waals surface area contributed by atoms with Gasteiger partial charge in [-0.15, -0.1) is 0 Å². The molecule has 4 nitrogen and oxygen atoms in total. The van der Waals surface area contributed by atoms with Crippen LogP contribution in [0.3, 0.4) is 0 Å². The van der Waals surface area contributed by atoms with Crippen molar-refractivity contribution in [1.29, 1.82) is 0 Å². The molecule has 0 spiro atoms. The highest BCUT2D eigenvalue weighted by molar-refractivity contribution is 5.81. The van der Waals surface area contributed by atoms with Crippen LogP contribution in [0.2, 0.25) is 0 Å². The van der Waals surface area contributed by atoms with E-state index >= 15 is 0 Å². The number of carbonyl (C=O) groups excluding carboxylic acids is 1. The molecule has 1 saturated carbocycles. The Hall–Kier alpha value is -1.53. The van der Waals surface area contributed by atoms with Crippen molar-refractivity contribution < 1.29 is 23.4 Å². The maximum Gasteiger partial charge on any atom is 0.343 e. The second-order valence-corrected chi connectivity index (χ2v) is 6.06. The molecule has 3 N–H and O–H groups in total. The first kappa shape index (κ1) is 17.8. The number of hydrogen-bond acceptors (Lipinski definition) is 4. The molecule has 0 heterocycles. The summed E-state index contributed by atoms with van der Waals surface area (Å²) >= 11 is 0. The highest BCUT2D eigenvalue weighted by Gasteiger charge is 2.54. The van der Waals surface area contributed by atoms with E-state index in [2.05, 4.69) is 0 Å². The molecule has 6 heteroatoms. The summed E-state index contributed by atoms with van der Waals surface area (Å²) in [5.41, 5.74) is 3.64. The Kier molecular flexibility index (Phi) is 5.70. The second kappa shape index (κ2) is 7.36. The molecular weight excluding hydrogens is 304 g/mol. The normalized spacial score (nSPS) is 22.5. The Labute approximate surface area is 134 Å². The molecule has 23 heavy (non-hydrogen) atoms. The van der Waals surface area contributed by atoms with Crippen LogP contribution in [0.5, 0.6) is 0 Å². The maximum atomic E-state index is 13.6. The van der Waals surface area contributed by atoms with E-state index in [-0.39, 0.29) is 19.4 Å². The maximum absolute atomic E-state index is 13.6. The van der Waals surface area contributed by atoms with E-state index in [1.54, 1.807) is 30.3 Å². The Bertz CT molecular complexity index is 524. The van der Waals surface area contributed by atoms with Crippen LogP contribution in [0.1, 0.15) is 37.7 Å². The van der Waals surface area contributed by atoms with Gasteiger partial charge >= 0.3 is 5.97 Å². The number of hydrogen-bond donors (Lipinski definition) is 2. The Morgan fingerprint density at radius 3 is 2.61 bits per heavy atom. The third-order valence-corrected chi connectivity index (χ3v) is 4.35. The average Bonchev–Trinajstić information content (AvgIpc) is 2.92. The lowest BCUT2D eigenvalue weighted by molar-refractivity contribution is -0.175. The summed E-state index contributed by atoms with van der Waals surface area (Å²) in [7, 11) is 0. The number of rotatable bonds is 7. The van der Waals surface area contributed by atoms with E-state index in [1.807, 2.05) is 0 Å². The molecule has 1 aromatic carbocycles. The summed E-state index contributed by atoms with van der Waals surface area (Å²) in [6.07, 6.45) is 0.506. The van der Waals surface area contributed by atoms with E-state index in [0.717, 1.165) is 0 Å². The summed E-state index contributed by atoms with van der Waals surface area (Å²) in [6.45, 7) is 0.601. The Balaban J connectivity index is 2.20. The second-order valence-electron chi connectivity index (χ2n) is 6.06. The number of nitrogens with two attached hydrogens (primary N) is 1. The number of halogens is 2. The van der Waals surface area contributed by atoms with Gasteiger partial charge in [-0.05, 0) is 31.4 Å². The lowest BCUT2D eigenvalue weighted by Crippen LogP contribution is -2.44. The number of carbonyl (C=O) groups is 1. The third kappa shape index (κ3) is 4.06. The van der Waals surface area contributed by atoms with Gasteiger partial charge in [-0.1, -0.05) is 30.3 Å². The minimum absolute atomic E-state index is 0.0797. The molecule has 2 unspecified atom stereocenters. The van der Waals surface area contributed by atoms with Gasteiger partial charge in [0.25, 0.3) is 0 Å². The van der Waals surface area contributed by atoms with Crippen molar-refractivity contribution >= 4 is 5.97 Å². The summed E-state index contributed by atoms with van der Waals surface area (Å²) in [6, 6.07) is 8.19. The highest BCUT2D eigenvalue weighted by Crippen LogP contribution is 2.47. The first-order chi connectivity index (χ1) is 10.9. The molecule has 0 bridgehead atoms. The number of aliphatic hydroxyl groups is 1. The van der Waals surface area contributed by atoms with Gasteiger partial charge in [0.05, 0.1) is 6.61 Å². The van der Waals surface area contributed by atoms with Crippen LogP contribution < -0.4 is 5.73 Å². The molecular formula is C17H23F2NO3. The lowest BCUT2D eigenvalue weighted by atomic mass is 9.80. The van der Waals surface area contributed by atoms with Crippen LogP contribution in [-0.4, -0.2) is 30.2 Å². The topological polar surface area (TPSA) is 72.5 Å². The molecule has 1 aromatic rings. The number of unbranched alkanes of at least 4 members (excludes halogenated alkanes) is 1.